The number of rotatable bonds is 4. The lowest BCUT2D eigenvalue weighted by atomic mass is 10.1. The van der Waals surface area contributed by atoms with Crippen molar-refractivity contribution in [3.63, 3.8) is 0 Å². The average molecular weight is 202 g/mol. The second kappa shape index (κ2) is 4.95. The highest BCUT2D eigenvalue weighted by Gasteiger charge is 2.29. The van der Waals surface area contributed by atoms with E-state index in [2.05, 4.69) is 5.32 Å². The first kappa shape index (κ1) is 12.9. The number of nitrogens with one attached hydrogen (secondary N) is 1. The van der Waals surface area contributed by atoms with Gasteiger partial charge in [0.15, 0.2) is 0 Å². The molecule has 0 saturated heterocycles. The van der Waals surface area contributed by atoms with E-state index in [1.807, 2.05) is 0 Å². The number of likely N-dealkylation sites (N-methyl/N-ethyl adjacent to an activating group) is 2. The second-order valence-corrected chi connectivity index (χ2v) is 3.55. The van der Waals surface area contributed by atoms with Crippen molar-refractivity contribution in [1.82, 2.24) is 10.2 Å². The molecule has 0 aliphatic carbocycles. The van der Waals surface area contributed by atoms with Crippen molar-refractivity contribution in [3.8, 4) is 0 Å². The van der Waals surface area contributed by atoms with Crippen LogP contribution < -0.4 is 5.32 Å². The van der Waals surface area contributed by atoms with Crippen LogP contribution in [0.4, 0.5) is 0 Å². The number of hydrogen-bond acceptors (Lipinski definition) is 3. The number of aliphatic hydroxyl groups is 1. The van der Waals surface area contributed by atoms with Crippen LogP contribution in [-0.4, -0.2) is 47.6 Å². The van der Waals surface area contributed by atoms with Gasteiger partial charge in [-0.3, -0.25) is 9.59 Å². The van der Waals surface area contributed by atoms with Crippen LogP contribution in [-0.2, 0) is 9.59 Å². The van der Waals surface area contributed by atoms with E-state index in [4.69, 9.17) is 0 Å². The zero-order chi connectivity index (χ0) is 11.4. The summed E-state index contributed by atoms with van der Waals surface area (Å²) in [6, 6.07) is 0. The molecule has 0 aromatic heterocycles. The van der Waals surface area contributed by atoms with E-state index in [1.165, 1.54) is 25.8 Å². The Morgan fingerprint density at radius 3 is 2.21 bits per heavy atom. The largest absolute Gasteiger partial charge is 0.381 e. The molecule has 0 fully saturated rings. The Hall–Kier alpha value is -1.10. The quantitative estimate of drug-likeness (QED) is 0.636. The lowest BCUT2D eigenvalue weighted by molar-refractivity contribution is -0.149. The summed E-state index contributed by atoms with van der Waals surface area (Å²) in [7, 11) is 1.50. The number of carbonyl (C=O) groups is 2. The minimum atomic E-state index is -1.43. The topological polar surface area (TPSA) is 69.6 Å². The van der Waals surface area contributed by atoms with Gasteiger partial charge in [-0.15, -0.1) is 0 Å². The van der Waals surface area contributed by atoms with Gasteiger partial charge in [0.2, 0.25) is 5.91 Å². The van der Waals surface area contributed by atoms with Crippen LogP contribution in [0.1, 0.15) is 20.8 Å². The molecule has 5 nitrogen and oxygen atoms in total. The first-order valence-corrected chi connectivity index (χ1v) is 4.55. The molecule has 0 atom stereocenters. The third-order valence-electron chi connectivity index (χ3n) is 1.81. The van der Waals surface area contributed by atoms with Gasteiger partial charge in [-0.1, -0.05) is 0 Å². The summed E-state index contributed by atoms with van der Waals surface area (Å²) >= 11 is 0. The standard InChI is InChI=1S/C9H18N2O3/c1-5-11(6-7(12)10-4)8(13)9(2,3)14/h14H,5-6H2,1-4H3,(H,10,12). The predicted molar refractivity (Wildman–Crippen MR) is 52.6 cm³/mol. The Labute approximate surface area is 84.1 Å². The molecular weight excluding hydrogens is 184 g/mol. The van der Waals surface area contributed by atoms with E-state index in [9.17, 15) is 14.7 Å². The zero-order valence-electron chi connectivity index (χ0n) is 9.13. The predicted octanol–water partition coefficient (Wildman–Crippen LogP) is -0.648. The van der Waals surface area contributed by atoms with Crippen molar-refractivity contribution in [2.75, 3.05) is 20.1 Å². The van der Waals surface area contributed by atoms with E-state index in [-0.39, 0.29) is 12.5 Å². The molecule has 0 saturated carbocycles. The number of hydrogen-bond donors (Lipinski definition) is 2. The molecular formula is C9H18N2O3. The zero-order valence-corrected chi connectivity index (χ0v) is 9.13. The molecule has 14 heavy (non-hydrogen) atoms. The van der Waals surface area contributed by atoms with Gasteiger partial charge in [0, 0.05) is 13.6 Å². The molecule has 0 aliphatic heterocycles. The summed E-state index contributed by atoms with van der Waals surface area (Å²) in [5, 5.41) is 11.9. The highest BCUT2D eigenvalue weighted by Crippen LogP contribution is 2.06. The van der Waals surface area contributed by atoms with Crippen molar-refractivity contribution in [1.29, 1.82) is 0 Å². The molecule has 0 aliphatic rings. The Kier molecular flexibility index (Phi) is 4.56. The Morgan fingerprint density at radius 1 is 1.43 bits per heavy atom. The van der Waals surface area contributed by atoms with Gasteiger partial charge in [0.1, 0.15) is 5.60 Å². The van der Waals surface area contributed by atoms with Crippen LogP contribution in [0.5, 0.6) is 0 Å². The monoisotopic (exact) mass is 202 g/mol. The second-order valence-electron chi connectivity index (χ2n) is 3.55. The first-order valence-electron chi connectivity index (χ1n) is 4.55. The third-order valence-corrected chi connectivity index (χ3v) is 1.81. The van der Waals surface area contributed by atoms with E-state index >= 15 is 0 Å². The van der Waals surface area contributed by atoms with Gasteiger partial charge >= 0.3 is 0 Å². The van der Waals surface area contributed by atoms with Crippen molar-refractivity contribution in [2.45, 2.75) is 26.4 Å². The fourth-order valence-electron chi connectivity index (χ4n) is 0.967. The van der Waals surface area contributed by atoms with Gasteiger partial charge in [-0.2, -0.15) is 0 Å². The van der Waals surface area contributed by atoms with Crippen LogP contribution in [0.25, 0.3) is 0 Å². The summed E-state index contributed by atoms with van der Waals surface area (Å²) in [6.07, 6.45) is 0. The molecule has 82 valence electrons. The molecule has 0 radical (unpaired) electrons. The van der Waals surface area contributed by atoms with Crippen LogP contribution in [0.2, 0.25) is 0 Å². The number of nitrogens with zero attached hydrogens (tertiary/aromatic N) is 1. The molecule has 0 aromatic rings. The molecule has 0 spiro atoms. The number of amides is 2. The average Bonchev–Trinajstić information content (AvgIpc) is 2.11. The highest BCUT2D eigenvalue weighted by molar-refractivity contribution is 5.88. The van der Waals surface area contributed by atoms with Gasteiger partial charge in [0.25, 0.3) is 5.91 Å². The maximum absolute atomic E-state index is 11.5. The maximum atomic E-state index is 11.5. The van der Waals surface area contributed by atoms with Crippen molar-refractivity contribution in [3.05, 3.63) is 0 Å². The van der Waals surface area contributed by atoms with Crippen LogP contribution in [0.15, 0.2) is 0 Å². The normalized spacial score (nSPS) is 10.9. The summed E-state index contributed by atoms with van der Waals surface area (Å²) in [6.45, 7) is 4.95. The highest BCUT2D eigenvalue weighted by atomic mass is 16.3. The Bertz CT molecular complexity index is 221. The third kappa shape index (κ3) is 3.74. The maximum Gasteiger partial charge on any atom is 0.254 e. The van der Waals surface area contributed by atoms with Crippen LogP contribution in [0.3, 0.4) is 0 Å². The summed E-state index contributed by atoms with van der Waals surface area (Å²) in [5.41, 5.74) is -1.43. The molecule has 0 rings (SSSR count). The van der Waals surface area contributed by atoms with E-state index in [0.29, 0.717) is 6.54 Å². The first-order chi connectivity index (χ1) is 6.32. The van der Waals surface area contributed by atoms with E-state index < -0.39 is 11.5 Å². The lowest BCUT2D eigenvalue weighted by Gasteiger charge is -2.26. The molecule has 2 amide bonds. The van der Waals surface area contributed by atoms with E-state index in [1.54, 1.807) is 6.92 Å². The lowest BCUT2D eigenvalue weighted by Crippen LogP contribution is -2.48. The minimum absolute atomic E-state index is 0.0180. The fourth-order valence-corrected chi connectivity index (χ4v) is 0.967. The van der Waals surface area contributed by atoms with Gasteiger partial charge < -0.3 is 15.3 Å². The van der Waals surface area contributed by atoms with Gasteiger partial charge in [-0.05, 0) is 20.8 Å². The molecule has 2 N–H and O–H groups in total. The Balaban J connectivity index is 4.42. The molecule has 0 aromatic carbocycles. The van der Waals surface area contributed by atoms with Gasteiger partial charge in [-0.25, -0.2) is 0 Å². The molecule has 5 heteroatoms. The van der Waals surface area contributed by atoms with Crippen molar-refractivity contribution < 1.29 is 14.7 Å². The summed E-state index contributed by atoms with van der Waals surface area (Å²) < 4.78 is 0. The molecule has 0 unspecified atom stereocenters. The Morgan fingerprint density at radius 2 is 1.93 bits per heavy atom. The minimum Gasteiger partial charge on any atom is -0.381 e. The summed E-state index contributed by atoms with van der Waals surface area (Å²) in [5.74, 6) is -0.687. The number of carbonyl (C=O) groups excluding carboxylic acids is 2. The molecule has 0 bridgehead atoms. The SMILES string of the molecule is CCN(CC(=O)NC)C(=O)C(C)(C)O. The van der Waals surface area contributed by atoms with E-state index in [0.717, 1.165) is 0 Å². The van der Waals surface area contributed by atoms with Crippen molar-refractivity contribution >= 4 is 11.8 Å². The van der Waals surface area contributed by atoms with Crippen molar-refractivity contribution in [2.24, 2.45) is 0 Å². The van der Waals surface area contributed by atoms with Crippen LogP contribution >= 0.6 is 0 Å². The van der Waals surface area contributed by atoms with Crippen LogP contribution in [0, 0.1) is 0 Å². The smallest absolute Gasteiger partial charge is 0.254 e. The van der Waals surface area contributed by atoms with Gasteiger partial charge in [0.05, 0.1) is 6.54 Å². The summed E-state index contributed by atoms with van der Waals surface area (Å²) in [4.78, 5) is 23.9. The molecule has 0 heterocycles. The fraction of sp³-hybridized carbons (Fsp3) is 0.778.